The molecule has 5 aliphatic rings. The van der Waals surface area contributed by atoms with Gasteiger partial charge in [0.15, 0.2) is 0 Å². The van der Waals surface area contributed by atoms with Gasteiger partial charge < -0.3 is 14.9 Å². The lowest BCUT2D eigenvalue weighted by molar-refractivity contribution is 0.352. The van der Waals surface area contributed by atoms with Gasteiger partial charge in [0, 0.05) is 47.5 Å². The molecule has 4 heterocycles. The predicted molar refractivity (Wildman–Crippen MR) is 263 cm³/mol. The summed E-state index contributed by atoms with van der Waals surface area (Å²) in [6.45, 7) is 22.9. The van der Waals surface area contributed by atoms with Crippen molar-refractivity contribution >= 4 is 33.6 Å². The highest BCUT2D eigenvalue weighted by Crippen LogP contribution is 2.49. The summed E-state index contributed by atoms with van der Waals surface area (Å²) in [6, 6.07) is 24.2. The first kappa shape index (κ1) is 42.2. The third-order valence-electron chi connectivity index (χ3n) is 11.8. The summed E-state index contributed by atoms with van der Waals surface area (Å²) in [5.74, 6) is 6.09. The SMILES string of the molecule is C1=CCC2=C(C=C1)NC1C=Cc3ncccc3C2=C1.C=C/C(=C\C)c1ccc2c3c(ccc(C)c13)-c1ccccc1-2.C=C/C=C\C1=C(C)N(N)Cc2ccn(C)c2C1=C.CC. The smallest absolute Gasteiger partial charge is 0.0705 e. The molecule has 3 N–H and O–H groups in total. The maximum absolute atomic E-state index is 6.09. The number of aryl methyl sites for hydroxylation is 2. The molecule has 1 unspecified atom stereocenters. The molecule has 0 radical (unpaired) electrons. The second-order valence-electron chi connectivity index (χ2n) is 15.3. The van der Waals surface area contributed by atoms with Crippen molar-refractivity contribution in [3.8, 4) is 22.3 Å². The molecule has 0 saturated heterocycles. The minimum Gasteiger partial charge on any atom is -0.375 e. The van der Waals surface area contributed by atoms with Crippen molar-refractivity contribution in [3.63, 3.8) is 0 Å². The van der Waals surface area contributed by atoms with Gasteiger partial charge in [-0.25, -0.2) is 5.84 Å². The molecule has 0 fully saturated rings. The number of nitrogens with two attached hydrogens (primary N) is 1. The minimum absolute atomic E-state index is 0.255. The Labute approximate surface area is 362 Å². The summed E-state index contributed by atoms with van der Waals surface area (Å²) in [5.41, 5.74) is 20.8. The molecular formula is C56H57N5. The van der Waals surface area contributed by atoms with E-state index in [2.05, 4.69) is 158 Å². The Hall–Kier alpha value is -6.95. The lowest BCUT2D eigenvalue weighted by Gasteiger charge is -2.25. The van der Waals surface area contributed by atoms with E-state index in [1.54, 1.807) is 11.1 Å². The first-order chi connectivity index (χ1) is 29.7. The summed E-state index contributed by atoms with van der Waals surface area (Å²) in [5, 5.41) is 8.08. The highest BCUT2D eigenvalue weighted by Gasteiger charge is 2.25. The molecule has 2 aliphatic heterocycles. The molecule has 2 aromatic heterocycles. The number of hydrogen-bond donors (Lipinski definition) is 2. The van der Waals surface area contributed by atoms with Crippen LogP contribution in [0, 0.1) is 6.92 Å². The van der Waals surface area contributed by atoms with E-state index in [1.807, 2.05) is 64.5 Å². The van der Waals surface area contributed by atoms with Gasteiger partial charge in [0.1, 0.15) is 0 Å². The largest absolute Gasteiger partial charge is 0.375 e. The van der Waals surface area contributed by atoms with Gasteiger partial charge in [-0.15, -0.1) is 0 Å². The first-order valence-corrected chi connectivity index (χ1v) is 21.2. The summed E-state index contributed by atoms with van der Waals surface area (Å²) >= 11 is 0. The molecule has 306 valence electrons. The van der Waals surface area contributed by atoms with Crippen LogP contribution in [0.5, 0.6) is 0 Å². The van der Waals surface area contributed by atoms with Crippen molar-refractivity contribution in [2.45, 2.75) is 53.6 Å². The van der Waals surface area contributed by atoms with Crippen LogP contribution in [0.15, 0.2) is 188 Å². The van der Waals surface area contributed by atoms with Gasteiger partial charge in [0.2, 0.25) is 0 Å². The zero-order valence-electron chi connectivity index (χ0n) is 36.5. The fourth-order valence-electron chi connectivity index (χ4n) is 8.84. The minimum atomic E-state index is 0.255. The Morgan fingerprint density at radius 3 is 2.34 bits per heavy atom. The van der Waals surface area contributed by atoms with Crippen LogP contribution in [0.1, 0.15) is 67.8 Å². The zero-order valence-corrected chi connectivity index (χ0v) is 36.5. The van der Waals surface area contributed by atoms with Crippen LogP contribution in [0.25, 0.3) is 55.8 Å². The first-order valence-electron chi connectivity index (χ1n) is 21.2. The summed E-state index contributed by atoms with van der Waals surface area (Å²) in [7, 11) is 2.03. The fraction of sp³-hybridized carbons (Fsp3) is 0.161. The third kappa shape index (κ3) is 8.05. The molecule has 5 nitrogen and oxygen atoms in total. The number of aromatic nitrogens is 2. The van der Waals surface area contributed by atoms with Crippen molar-refractivity contribution in [3.05, 3.63) is 222 Å². The molecule has 3 aromatic carbocycles. The molecule has 2 bridgehead atoms. The molecule has 0 saturated carbocycles. The molecule has 1 atom stereocenters. The van der Waals surface area contributed by atoms with Gasteiger partial charge >= 0.3 is 0 Å². The van der Waals surface area contributed by atoms with Crippen LogP contribution in [-0.2, 0) is 13.6 Å². The lowest BCUT2D eigenvalue weighted by atomic mass is 9.90. The van der Waals surface area contributed by atoms with E-state index in [0.717, 1.165) is 34.7 Å². The van der Waals surface area contributed by atoms with Gasteiger partial charge in [-0.05, 0) is 118 Å². The number of fused-ring (bicyclic) bond motifs is 8. The van der Waals surface area contributed by atoms with E-state index < -0.39 is 0 Å². The topological polar surface area (TPSA) is 59.1 Å². The van der Waals surface area contributed by atoms with Crippen LogP contribution >= 0.6 is 0 Å². The number of nitrogens with one attached hydrogen (secondary N) is 1. The van der Waals surface area contributed by atoms with Crippen LogP contribution in [0.4, 0.5) is 0 Å². The van der Waals surface area contributed by atoms with Crippen molar-refractivity contribution in [2.75, 3.05) is 0 Å². The van der Waals surface area contributed by atoms with E-state index >= 15 is 0 Å². The number of nitrogens with zero attached hydrogens (tertiary/aromatic N) is 3. The Kier molecular flexibility index (Phi) is 12.8. The zero-order chi connectivity index (χ0) is 43.2. The fourth-order valence-corrected chi connectivity index (χ4v) is 8.84. The maximum Gasteiger partial charge on any atom is 0.0705 e. The lowest BCUT2D eigenvalue weighted by Crippen LogP contribution is -2.28. The second-order valence-corrected chi connectivity index (χ2v) is 15.3. The van der Waals surface area contributed by atoms with Crippen LogP contribution < -0.4 is 11.2 Å². The average Bonchev–Trinajstić information content (AvgIpc) is 3.60. The summed E-state index contributed by atoms with van der Waals surface area (Å²) in [4.78, 5) is 4.49. The Balaban J connectivity index is 0.000000136. The number of benzene rings is 3. The molecule has 5 heteroatoms. The highest BCUT2D eigenvalue weighted by atomic mass is 15.4. The maximum atomic E-state index is 6.09. The number of rotatable bonds is 4. The second kappa shape index (κ2) is 18.5. The van der Waals surface area contributed by atoms with Crippen molar-refractivity contribution in [1.82, 2.24) is 19.9 Å². The highest BCUT2D eigenvalue weighted by molar-refractivity contribution is 6.18. The monoisotopic (exact) mass is 799 g/mol. The molecular weight excluding hydrogens is 743 g/mol. The normalized spacial score (nSPS) is 16.5. The van der Waals surface area contributed by atoms with Gasteiger partial charge in [-0.3, -0.25) is 4.98 Å². The number of dihydropyridines is 1. The molecule has 5 aromatic rings. The average molecular weight is 800 g/mol. The van der Waals surface area contributed by atoms with Gasteiger partial charge in [0.25, 0.3) is 0 Å². The number of pyridine rings is 1. The van der Waals surface area contributed by atoms with Gasteiger partial charge in [-0.1, -0.05) is 149 Å². The van der Waals surface area contributed by atoms with E-state index in [-0.39, 0.29) is 6.04 Å². The predicted octanol–water partition coefficient (Wildman–Crippen LogP) is 13.4. The van der Waals surface area contributed by atoms with Gasteiger partial charge in [-0.2, -0.15) is 0 Å². The Morgan fingerprint density at radius 2 is 1.62 bits per heavy atom. The van der Waals surface area contributed by atoms with E-state index in [0.29, 0.717) is 6.54 Å². The number of hydrogen-bond acceptors (Lipinski definition) is 4. The van der Waals surface area contributed by atoms with Crippen LogP contribution in [-0.4, -0.2) is 20.6 Å². The molecule has 3 aliphatic carbocycles. The van der Waals surface area contributed by atoms with E-state index in [9.17, 15) is 0 Å². The quantitative estimate of drug-likeness (QED) is 0.138. The van der Waals surface area contributed by atoms with E-state index in [1.165, 1.54) is 77.7 Å². The van der Waals surface area contributed by atoms with Gasteiger partial charge in [0.05, 0.1) is 24.0 Å². The standard InChI is InChI=1S/C22H18.C17H14N2.C15H19N3.C2H6/c1-4-15(5-2)16-12-13-20-18-9-7-6-8-17(18)19-11-10-14(3)21(16)22(19)20;1-2-5-14-15-11-12(19-17(14)7-3-1)8-9-16-13(15)6-4-10-18-16;1-5-6-7-14-11(2)15-13(8-9-17(15)4)10-18(16)12(14)3;1-2/h4-13H,1H2,2-3H3;1-4,6-12,19H,5H2;5-9H,1-2,10,16H2,3-4H3;1-2H3/b15-5+;;7-6-;. The molecule has 0 amide bonds. The number of hydrazine groups is 1. The van der Waals surface area contributed by atoms with Crippen molar-refractivity contribution in [1.29, 1.82) is 0 Å². The van der Waals surface area contributed by atoms with Crippen LogP contribution in [0.2, 0.25) is 0 Å². The third-order valence-corrected chi connectivity index (χ3v) is 11.8. The molecule has 0 spiro atoms. The summed E-state index contributed by atoms with van der Waals surface area (Å²) in [6.07, 6.45) is 29.8. The van der Waals surface area contributed by atoms with Crippen molar-refractivity contribution in [2.24, 2.45) is 12.9 Å². The molecule has 10 rings (SSSR count). The Morgan fingerprint density at radius 1 is 0.885 bits per heavy atom. The summed E-state index contributed by atoms with van der Waals surface area (Å²) < 4.78 is 2.09. The van der Waals surface area contributed by atoms with Crippen molar-refractivity contribution < 1.29 is 0 Å². The number of allylic oxidation sites excluding steroid dienone is 15. The Bertz CT molecular complexity index is 2770. The molecule has 61 heavy (non-hydrogen) atoms. The van der Waals surface area contributed by atoms with Crippen LogP contribution in [0.3, 0.4) is 0 Å². The van der Waals surface area contributed by atoms with E-state index in [4.69, 9.17) is 5.84 Å².